The molecule has 7 aromatic rings. The minimum absolute atomic E-state index is 0.00309. The van der Waals surface area contributed by atoms with Crippen LogP contribution < -0.4 is 25.5 Å². The van der Waals surface area contributed by atoms with Crippen molar-refractivity contribution in [1.82, 2.24) is 0 Å². The lowest BCUT2D eigenvalue weighted by Crippen LogP contribution is -2.61. The fraction of sp³-hybridized carbons (Fsp3) is 0.321. The van der Waals surface area contributed by atoms with Crippen LogP contribution in [0.5, 0.6) is 0 Å². The van der Waals surface area contributed by atoms with E-state index in [0.29, 0.717) is 0 Å². The second-order valence-corrected chi connectivity index (χ2v) is 22.6. The van der Waals surface area contributed by atoms with Gasteiger partial charge in [-0.3, -0.25) is 0 Å². The molecule has 6 aromatic carbocycles. The number of benzene rings is 6. The molecule has 60 heavy (non-hydrogen) atoms. The van der Waals surface area contributed by atoms with E-state index in [0.717, 1.165) is 0 Å². The van der Waals surface area contributed by atoms with E-state index in [1.165, 1.54) is 117 Å². The molecule has 0 radical (unpaired) electrons. The number of hydrogen-bond donors (Lipinski definition) is 0. The normalized spacial score (nSPS) is 16.4. The van der Waals surface area contributed by atoms with Crippen LogP contribution in [0.3, 0.4) is 0 Å². The SMILES string of the molecule is Cc1cc2c3c(c1)N(c1ccc(C(C)(C)C)cc1)c1c(sc4ccc(C)cc14)B3c1cc3c(cc1N2c1ccc(C(C)(C)C)cc1-c1ccccc1)C(C)(C)CCC3(C)C. The van der Waals surface area contributed by atoms with Gasteiger partial charge in [0.1, 0.15) is 0 Å². The predicted molar refractivity (Wildman–Crippen MR) is 263 cm³/mol. The quantitative estimate of drug-likeness (QED) is 0.164. The molecule has 0 unspecified atom stereocenters. The Balaban J connectivity index is 1.35. The van der Waals surface area contributed by atoms with Crippen LogP contribution in [-0.4, -0.2) is 6.71 Å². The van der Waals surface area contributed by atoms with Crippen LogP contribution in [0.25, 0.3) is 21.2 Å². The standard InChI is InChI=1S/C56H59BN2S/c1-34-18-25-49-41(28-34)51-52(60-49)57-44-32-42-43(56(11,12)27-26-55(42,9)10)33-46(44)59(45-24-21-38(54(6,7)8)31-40(45)36-16-14-13-15-17-36)48-30-35(2)29-47(50(48)57)58(51)39-22-19-37(20-23-39)53(3,4)5/h13-25,28-33H,26-27H2,1-12H3. The van der Waals surface area contributed by atoms with Crippen molar-refractivity contribution in [2.75, 3.05) is 9.80 Å². The van der Waals surface area contributed by atoms with Gasteiger partial charge < -0.3 is 9.80 Å². The molecular formula is C56H59BN2S. The van der Waals surface area contributed by atoms with Crippen molar-refractivity contribution in [3.8, 4) is 11.1 Å². The molecule has 2 nitrogen and oxygen atoms in total. The monoisotopic (exact) mass is 802 g/mol. The van der Waals surface area contributed by atoms with E-state index in [-0.39, 0.29) is 28.4 Å². The molecule has 1 aliphatic carbocycles. The van der Waals surface area contributed by atoms with Gasteiger partial charge in [0.25, 0.3) is 6.71 Å². The third-order valence-electron chi connectivity index (χ3n) is 14.1. The number of rotatable bonds is 3. The maximum atomic E-state index is 2.68. The molecule has 0 N–H and O–H groups in total. The van der Waals surface area contributed by atoms with Crippen molar-refractivity contribution in [2.45, 2.75) is 118 Å². The Labute approximate surface area is 363 Å². The maximum absolute atomic E-state index is 2.68. The van der Waals surface area contributed by atoms with Gasteiger partial charge in [-0.05, 0) is 147 Å². The Bertz CT molecular complexity index is 2860. The van der Waals surface area contributed by atoms with Gasteiger partial charge >= 0.3 is 0 Å². The average Bonchev–Trinajstić information content (AvgIpc) is 3.56. The first-order chi connectivity index (χ1) is 28.3. The first kappa shape index (κ1) is 39.1. The molecule has 0 amide bonds. The van der Waals surface area contributed by atoms with E-state index < -0.39 is 0 Å². The molecule has 0 saturated heterocycles. The zero-order valence-electron chi connectivity index (χ0n) is 37.8. The fourth-order valence-electron chi connectivity index (χ4n) is 10.5. The topological polar surface area (TPSA) is 6.48 Å². The van der Waals surface area contributed by atoms with Gasteiger partial charge in [-0.1, -0.05) is 135 Å². The first-order valence-corrected chi connectivity index (χ1v) is 22.9. The summed E-state index contributed by atoms with van der Waals surface area (Å²) < 4.78 is 2.79. The van der Waals surface area contributed by atoms with Crippen molar-refractivity contribution in [1.29, 1.82) is 0 Å². The number of aryl methyl sites for hydroxylation is 2. The van der Waals surface area contributed by atoms with Crippen LogP contribution in [0.1, 0.15) is 115 Å². The zero-order chi connectivity index (χ0) is 42.3. The van der Waals surface area contributed by atoms with Crippen molar-refractivity contribution < 1.29 is 0 Å². The number of hydrogen-bond acceptors (Lipinski definition) is 3. The molecule has 0 bridgehead atoms. The molecule has 0 spiro atoms. The lowest BCUT2D eigenvalue weighted by atomic mass is 9.35. The third kappa shape index (κ3) is 6.03. The summed E-state index contributed by atoms with van der Waals surface area (Å²) in [5, 5.41) is 1.34. The van der Waals surface area contributed by atoms with Crippen molar-refractivity contribution in [2.24, 2.45) is 0 Å². The zero-order valence-corrected chi connectivity index (χ0v) is 38.6. The van der Waals surface area contributed by atoms with Gasteiger partial charge in [-0.25, -0.2) is 0 Å². The van der Waals surface area contributed by atoms with Crippen molar-refractivity contribution >= 4 is 78.0 Å². The Morgan fingerprint density at radius 2 is 1.18 bits per heavy atom. The van der Waals surface area contributed by atoms with E-state index in [1.54, 1.807) is 0 Å². The summed E-state index contributed by atoms with van der Waals surface area (Å²) >= 11 is 2.00. The van der Waals surface area contributed by atoms with Crippen molar-refractivity contribution in [3.05, 3.63) is 149 Å². The van der Waals surface area contributed by atoms with Crippen LogP contribution in [0, 0.1) is 13.8 Å². The molecule has 0 atom stereocenters. The minimum Gasteiger partial charge on any atom is -0.311 e. The molecule has 1 aromatic heterocycles. The van der Waals surface area contributed by atoms with Gasteiger partial charge in [0.15, 0.2) is 0 Å². The van der Waals surface area contributed by atoms with E-state index in [9.17, 15) is 0 Å². The van der Waals surface area contributed by atoms with Gasteiger partial charge in [0.05, 0.1) is 11.4 Å². The van der Waals surface area contributed by atoms with Crippen LogP contribution in [-0.2, 0) is 21.7 Å². The lowest BCUT2D eigenvalue weighted by molar-refractivity contribution is 0.332. The minimum atomic E-state index is 0.00309. The third-order valence-corrected chi connectivity index (χ3v) is 15.3. The van der Waals surface area contributed by atoms with E-state index in [1.807, 2.05) is 11.3 Å². The highest BCUT2D eigenvalue weighted by atomic mass is 32.1. The molecule has 302 valence electrons. The van der Waals surface area contributed by atoms with Gasteiger partial charge in [0.2, 0.25) is 0 Å². The average molecular weight is 803 g/mol. The molecular weight excluding hydrogens is 744 g/mol. The Kier molecular flexibility index (Phi) is 8.62. The Morgan fingerprint density at radius 1 is 0.567 bits per heavy atom. The molecule has 10 rings (SSSR count). The second-order valence-electron chi connectivity index (χ2n) is 21.5. The Hall–Kier alpha value is -5.06. The highest BCUT2D eigenvalue weighted by Gasteiger charge is 2.48. The van der Waals surface area contributed by atoms with Gasteiger partial charge in [-0.2, -0.15) is 0 Å². The van der Waals surface area contributed by atoms with Crippen molar-refractivity contribution in [3.63, 3.8) is 0 Å². The predicted octanol–water partition coefficient (Wildman–Crippen LogP) is 14.2. The summed E-state index contributed by atoms with van der Waals surface area (Å²) in [5.41, 5.74) is 21.4. The van der Waals surface area contributed by atoms with Gasteiger partial charge in [-0.15, -0.1) is 11.3 Å². The van der Waals surface area contributed by atoms with Crippen LogP contribution in [0.15, 0.2) is 115 Å². The summed E-state index contributed by atoms with van der Waals surface area (Å²) in [5.74, 6) is 0. The molecule has 3 heterocycles. The molecule has 0 saturated carbocycles. The molecule has 3 aliphatic rings. The summed E-state index contributed by atoms with van der Waals surface area (Å²) in [6.45, 7) is 28.4. The van der Waals surface area contributed by atoms with Crippen LogP contribution in [0.4, 0.5) is 34.1 Å². The van der Waals surface area contributed by atoms with Gasteiger partial charge in [0, 0.05) is 43.2 Å². The number of thiophene rings is 1. The first-order valence-electron chi connectivity index (χ1n) is 22.1. The summed E-state index contributed by atoms with van der Waals surface area (Å²) in [7, 11) is 0. The lowest BCUT2D eigenvalue weighted by Gasteiger charge is -2.47. The molecule has 4 heteroatoms. The van der Waals surface area contributed by atoms with E-state index in [2.05, 4.69) is 208 Å². The number of fused-ring (bicyclic) bond motifs is 7. The number of anilines is 6. The van der Waals surface area contributed by atoms with Crippen LogP contribution >= 0.6 is 11.3 Å². The molecule has 0 fully saturated rings. The number of nitrogens with zero attached hydrogens (tertiary/aromatic N) is 2. The van der Waals surface area contributed by atoms with E-state index >= 15 is 0 Å². The molecule has 2 aliphatic heterocycles. The summed E-state index contributed by atoms with van der Waals surface area (Å²) in [6.07, 6.45) is 2.35. The fourth-order valence-corrected chi connectivity index (χ4v) is 11.8. The second kappa shape index (κ2) is 13.2. The largest absolute Gasteiger partial charge is 0.311 e. The summed E-state index contributed by atoms with van der Waals surface area (Å²) in [6, 6.07) is 45.2. The smallest absolute Gasteiger partial charge is 0.264 e. The maximum Gasteiger partial charge on any atom is 0.264 e. The highest BCUT2D eigenvalue weighted by Crippen LogP contribution is 2.53. The van der Waals surface area contributed by atoms with Crippen LogP contribution in [0.2, 0.25) is 0 Å². The Morgan fingerprint density at radius 3 is 1.83 bits per heavy atom. The van der Waals surface area contributed by atoms with E-state index in [4.69, 9.17) is 0 Å². The highest BCUT2D eigenvalue weighted by molar-refractivity contribution is 7.33. The summed E-state index contributed by atoms with van der Waals surface area (Å²) in [4.78, 5) is 5.30.